The monoisotopic (exact) mass is 269 g/mol. The lowest BCUT2D eigenvalue weighted by Gasteiger charge is -2.10. The first kappa shape index (κ1) is 14.4. The smallest absolute Gasteiger partial charge is 0.336 e. The minimum absolute atomic E-state index is 0.0214. The first-order valence-corrected chi connectivity index (χ1v) is 6.66. The second-order valence-corrected chi connectivity index (χ2v) is 5.43. The van der Waals surface area contributed by atoms with Crippen molar-refractivity contribution < 1.29 is 18.9 Å². The molecule has 1 rings (SSSR count). The van der Waals surface area contributed by atoms with E-state index in [9.17, 15) is 13.8 Å². The molecule has 0 aromatic heterocycles. The summed E-state index contributed by atoms with van der Waals surface area (Å²) >= 11 is 0. The fourth-order valence-electron chi connectivity index (χ4n) is 1.36. The number of benzene rings is 1. The van der Waals surface area contributed by atoms with Crippen molar-refractivity contribution in [2.75, 3.05) is 19.8 Å². The van der Waals surface area contributed by atoms with Gasteiger partial charge in [0.05, 0.1) is 21.3 Å². The van der Waals surface area contributed by atoms with Crippen LogP contribution in [0.25, 0.3) is 0 Å². The maximum atomic E-state index is 12.0. The minimum Gasteiger partial charge on any atom is -0.478 e. The van der Waals surface area contributed by atoms with Crippen LogP contribution >= 0.6 is 0 Å². The molecule has 1 amide bonds. The van der Waals surface area contributed by atoms with Crippen molar-refractivity contribution in [2.24, 2.45) is 0 Å². The summed E-state index contributed by atoms with van der Waals surface area (Å²) in [6, 6.07) is 6.13. The molecule has 98 valence electrons. The molecular formula is C12H15NO4S. The quantitative estimate of drug-likeness (QED) is 0.864. The number of carbonyl (C=O) groups is 2. The van der Waals surface area contributed by atoms with Gasteiger partial charge in [0, 0.05) is 26.3 Å². The summed E-state index contributed by atoms with van der Waals surface area (Å²) in [6.07, 6.45) is 0.133. The van der Waals surface area contributed by atoms with Gasteiger partial charge >= 0.3 is 5.97 Å². The molecule has 1 N–H and O–H groups in total. The van der Waals surface area contributed by atoms with Crippen LogP contribution in [-0.2, 0) is 15.6 Å². The van der Waals surface area contributed by atoms with Gasteiger partial charge in [-0.3, -0.25) is 9.00 Å². The van der Waals surface area contributed by atoms with Gasteiger partial charge in [0.1, 0.15) is 0 Å². The van der Waals surface area contributed by atoms with E-state index in [2.05, 4.69) is 0 Å². The van der Waals surface area contributed by atoms with Crippen molar-refractivity contribution in [2.45, 2.75) is 11.3 Å². The number of nitrogens with zero attached hydrogens (tertiary/aromatic N) is 1. The van der Waals surface area contributed by atoms with Crippen LogP contribution < -0.4 is 0 Å². The number of amides is 1. The summed E-state index contributed by atoms with van der Waals surface area (Å²) in [5.41, 5.74) is 0.0214. The van der Waals surface area contributed by atoms with Crippen molar-refractivity contribution in [1.29, 1.82) is 0 Å². The average molecular weight is 269 g/mol. The molecule has 1 aromatic carbocycles. The lowest BCUT2D eigenvalue weighted by Crippen LogP contribution is -2.23. The fourth-order valence-corrected chi connectivity index (χ4v) is 2.57. The zero-order chi connectivity index (χ0) is 13.7. The first-order valence-electron chi connectivity index (χ1n) is 5.34. The van der Waals surface area contributed by atoms with Gasteiger partial charge in [0.2, 0.25) is 5.91 Å². The lowest BCUT2D eigenvalue weighted by atomic mass is 10.2. The van der Waals surface area contributed by atoms with Crippen molar-refractivity contribution in [3.8, 4) is 0 Å². The standard InChI is InChI=1S/C12H15NO4S/c1-13(2)11(14)7-8-18(17)10-6-4-3-5-9(10)12(15)16/h3-6H,7-8H2,1-2H3,(H,15,16). The van der Waals surface area contributed by atoms with E-state index in [0.717, 1.165) is 0 Å². The Morgan fingerprint density at radius 2 is 1.89 bits per heavy atom. The molecule has 0 spiro atoms. The van der Waals surface area contributed by atoms with Gasteiger partial charge < -0.3 is 10.0 Å². The third-order valence-electron chi connectivity index (χ3n) is 2.36. The second-order valence-electron chi connectivity index (χ2n) is 3.89. The largest absolute Gasteiger partial charge is 0.478 e. The maximum absolute atomic E-state index is 12.0. The normalized spacial score (nSPS) is 11.9. The molecule has 1 unspecified atom stereocenters. The molecule has 1 atom stereocenters. The van der Waals surface area contributed by atoms with Gasteiger partial charge in [-0.2, -0.15) is 0 Å². The molecule has 0 aliphatic rings. The predicted octanol–water partition coefficient (Wildman–Crippen LogP) is 0.971. The SMILES string of the molecule is CN(C)C(=O)CCS(=O)c1ccccc1C(=O)O. The van der Waals surface area contributed by atoms with E-state index < -0.39 is 16.8 Å². The van der Waals surface area contributed by atoms with Crippen LogP contribution in [0, 0.1) is 0 Å². The number of carbonyl (C=O) groups excluding carboxylic acids is 1. The highest BCUT2D eigenvalue weighted by molar-refractivity contribution is 7.85. The van der Waals surface area contributed by atoms with Crippen molar-refractivity contribution in [3.63, 3.8) is 0 Å². The Labute approximate surface area is 108 Å². The third kappa shape index (κ3) is 3.66. The number of carboxylic acids is 1. The highest BCUT2D eigenvalue weighted by atomic mass is 32.2. The Hall–Kier alpha value is -1.69. The third-order valence-corrected chi connectivity index (χ3v) is 3.78. The van der Waals surface area contributed by atoms with Crippen molar-refractivity contribution in [3.05, 3.63) is 29.8 Å². The van der Waals surface area contributed by atoms with Gasteiger partial charge in [0.15, 0.2) is 0 Å². The molecule has 0 radical (unpaired) electrons. The van der Waals surface area contributed by atoms with E-state index in [-0.39, 0.29) is 28.5 Å². The zero-order valence-electron chi connectivity index (χ0n) is 10.3. The lowest BCUT2D eigenvalue weighted by molar-refractivity contribution is -0.128. The molecule has 0 fully saturated rings. The molecular weight excluding hydrogens is 254 g/mol. The number of rotatable bonds is 5. The zero-order valence-corrected chi connectivity index (χ0v) is 11.1. The molecule has 5 nitrogen and oxygen atoms in total. The van der Waals surface area contributed by atoms with E-state index in [1.807, 2.05) is 0 Å². The molecule has 0 aliphatic carbocycles. The Morgan fingerprint density at radius 1 is 1.28 bits per heavy atom. The van der Waals surface area contributed by atoms with Gasteiger partial charge in [-0.15, -0.1) is 0 Å². The summed E-state index contributed by atoms with van der Waals surface area (Å²) < 4.78 is 12.0. The van der Waals surface area contributed by atoms with Crippen molar-refractivity contribution >= 4 is 22.7 Å². The van der Waals surface area contributed by atoms with Gasteiger partial charge in [-0.25, -0.2) is 4.79 Å². The van der Waals surface area contributed by atoms with Crippen LogP contribution in [0.1, 0.15) is 16.8 Å². The topological polar surface area (TPSA) is 74.7 Å². The van der Waals surface area contributed by atoms with E-state index >= 15 is 0 Å². The van der Waals surface area contributed by atoms with Crippen LogP contribution in [-0.4, -0.2) is 45.9 Å². The summed E-state index contributed by atoms with van der Waals surface area (Å²) in [6.45, 7) is 0. The predicted molar refractivity (Wildman–Crippen MR) is 68.0 cm³/mol. The Bertz CT molecular complexity index is 485. The highest BCUT2D eigenvalue weighted by Gasteiger charge is 2.15. The van der Waals surface area contributed by atoms with Gasteiger partial charge in [-0.05, 0) is 12.1 Å². The van der Waals surface area contributed by atoms with Crippen LogP contribution in [0.15, 0.2) is 29.2 Å². The Morgan fingerprint density at radius 3 is 2.44 bits per heavy atom. The Balaban J connectivity index is 2.79. The molecule has 0 saturated carbocycles. The second kappa shape index (κ2) is 6.30. The average Bonchev–Trinajstić information content (AvgIpc) is 2.35. The molecule has 0 bridgehead atoms. The van der Waals surface area contributed by atoms with Crippen molar-refractivity contribution in [1.82, 2.24) is 4.90 Å². The molecule has 0 saturated heterocycles. The molecule has 0 heterocycles. The van der Waals surface area contributed by atoms with Gasteiger partial charge in [0.25, 0.3) is 0 Å². The summed E-state index contributed by atoms with van der Waals surface area (Å²) in [4.78, 5) is 24.0. The molecule has 0 aliphatic heterocycles. The number of hydrogen-bond acceptors (Lipinski definition) is 3. The molecule has 18 heavy (non-hydrogen) atoms. The van der Waals surface area contributed by atoms with E-state index in [4.69, 9.17) is 5.11 Å². The van der Waals surface area contributed by atoms with Crippen LogP contribution in [0.5, 0.6) is 0 Å². The summed E-state index contributed by atoms with van der Waals surface area (Å²) in [5.74, 6) is -1.12. The highest BCUT2D eigenvalue weighted by Crippen LogP contribution is 2.14. The Kier molecular flexibility index (Phi) is 5.03. The number of carboxylic acid groups (broad SMARTS) is 1. The first-order chi connectivity index (χ1) is 8.43. The molecule has 1 aromatic rings. The van der Waals surface area contributed by atoms with E-state index in [1.165, 1.54) is 17.0 Å². The number of aromatic carboxylic acids is 1. The fraction of sp³-hybridized carbons (Fsp3) is 0.333. The van der Waals surface area contributed by atoms with Gasteiger partial charge in [-0.1, -0.05) is 12.1 Å². The summed E-state index contributed by atoms with van der Waals surface area (Å²) in [7, 11) is 1.76. The van der Waals surface area contributed by atoms with Crippen LogP contribution in [0.4, 0.5) is 0 Å². The molecule has 6 heteroatoms. The maximum Gasteiger partial charge on any atom is 0.336 e. The van der Waals surface area contributed by atoms with E-state index in [0.29, 0.717) is 0 Å². The summed E-state index contributed by atoms with van der Waals surface area (Å²) in [5, 5.41) is 8.97. The number of hydrogen-bond donors (Lipinski definition) is 1. The van der Waals surface area contributed by atoms with Crippen LogP contribution in [0.2, 0.25) is 0 Å². The van der Waals surface area contributed by atoms with Crippen LogP contribution in [0.3, 0.4) is 0 Å². The minimum atomic E-state index is -1.48. The van der Waals surface area contributed by atoms with E-state index in [1.54, 1.807) is 26.2 Å².